The van der Waals surface area contributed by atoms with Crippen LogP contribution in [0, 0.1) is 0 Å². The fraction of sp³-hybridized carbons (Fsp3) is 0.273. The molecule has 3 N–H and O–H groups in total. The molecule has 1 aliphatic heterocycles. The second-order valence-corrected chi connectivity index (χ2v) is 10.6. The number of hydrogen-bond donors (Lipinski definition) is 2. The predicted octanol–water partition coefficient (Wildman–Crippen LogP) is 3.83. The summed E-state index contributed by atoms with van der Waals surface area (Å²) < 4.78 is 25.8. The molecule has 2 aromatic heterocycles. The number of fused-ring (bicyclic) bond motifs is 1. The number of aliphatic hydroxyl groups is 1. The molecule has 3 heterocycles. The maximum absolute atomic E-state index is 13.2. The van der Waals surface area contributed by atoms with E-state index in [-0.39, 0.29) is 24.6 Å². The summed E-state index contributed by atoms with van der Waals surface area (Å²) in [5.74, 6) is 1.25. The molecule has 6 rings (SSSR count). The summed E-state index contributed by atoms with van der Waals surface area (Å²) in [5, 5.41) is 11.4. The van der Waals surface area contributed by atoms with Crippen LogP contribution in [0.4, 0.5) is 5.82 Å². The topological polar surface area (TPSA) is 144 Å². The number of imidazole rings is 1. The molecule has 1 fully saturated rings. The SMILES string of the molecule is COc1ccc(C(OC[C@H]2O[C@@](C(C)=O)(n3cnc4c(N)ncnc43)C[C@@H]2O)(c2ccccc2)c2ccc(OC)cc2)cc1. The van der Waals surface area contributed by atoms with Crippen molar-refractivity contribution in [1.82, 2.24) is 19.5 Å². The van der Waals surface area contributed by atoms with Crippen molar-refractivity contribution in [1.29, 1.82) is 0 Å². The number of Topliss-reactive ketones (excluding diaryl/α,β-unsaturated/α-hetero) is 1. The summed E-state index contributed by atoms with van der Waals surface area (Å²) in [4.78, 5) is 25.9. The Kier molecular flexibility index (Phi) is 7.76. The first-order valence-electron chi connectivity index (χ1n) is 14.1. The molecule has 3 atom stereocenters. The van der Waals surface area contributed by atoms with E-state index in [1.807, 2.05) is 78.9 Å². The van der Waals surface area contributed by atoms with Gasteiger partial charge in [-0.05, 0) is 47.9 Å². The number of nitrogens with zero attached hydrogens (tertiary/aromatic N) is 4. The molecule has 44 heavy (non-hydrogen) atoms. The van der Waals surface area contributed by atoms with Crippen LogP contribution in [0.1, 0.15) is 30.0 Å². The van der Waals surface area contributed by atoms with E-state index in [2.05, 4.69) is 15.0 Å². The van der Waals surface area contributed by atoms with Gasteiger partial charge in [0.25, 0.3) is 0 Å². The van der Waals surface area contributed by atoms with E-state index >= 15 is 0 Å². The van der Waals surface area contributed by atoms with Crippen LogP contribution in [-0.4, -0.2) is 63.4 Å². The fourth-order valence-corrected chi connectivity index (χ4v) is 5.89. The van der Waals surface area contributed by atoms with Gasteiger partial charge >= 0.3 is 0 Å². The van der Waals surface area contributed by atoms with Crippen molar-refractivity contribution < 1.29 is 28.8 Å². The molecular formula is C33H33N5O6. The van der Waals surface area contributed by atoms with Gasteiger partial charge in [-0.25, -0.2) is 15.0 Å². The van der Waals surface area contributed by atoms with Crippen LogP contribution in [0.15, 0.2) is 91.5 Å². The number of hydrogen-bond acceptors (Lipinski definition) is 10. The lowest BCUT2D eigenvalue weighted by atomic mass is 9.80. The molecule has 0 unspecified atom stereocenters. The van der Waals surface area contributed by atoms with Crippen LogP contribution in [0.25, 0.3) is 11.2 Å². The highest BCUT2D eigenvalue weighted by Crippen LogP contribution is 2.44. The van der Waals surface area contributed by atoms with Crippen molar-refractivity contribution in [3.05, 3.63) is 108 Å². The van der Waals surface area contributed by atoms with Crippen LogP contribution >= 0.6 is 0 Å². The summed E-state index contributed by atoms with van der Waals surface area (Å²) in [6, 6.07) is 25.1. The molecule has 1 saturated heterocycles. The molecule has 5 aromatic rings. The van der Waals surface area contributed by atoms with Crippen LogP contribution in [0.2, 0.25) is 0 Å². The summed E-state index contributed by atoms with van der Waals surface area (Å²) in [6.45, 7) is 1.35. The minimum absolute atomic E-state index is 0.0326. The smallest absolute Gasteiger partial charge is 0.209 e. The summed E-state index contributed by atoms with van der Waals surface area (Å²) in [5.41, 5.74) is 6.48. The maximum atomic E-state index is 13.2. The number of ketones is 1. The van der Waals surface area contributed by atoms with Gasteiger partial charge in [0.2, 0.25) is 5.72 Å². The van der Waals surface area contributed by atoms with E-state index in [1.54, 1.807) is 14.2 Å². The van der Waals surface area contributed by atoms with E-state index in [0.717, 1.165) is 16.7 Å². The van der Waals surface area contributed by atoms with Gasteiger partial charge in [0, 0.05) is 6.42 Å². The minimum Gasteiger partial charge on any atom is -0.497 e. The Labute approximate surface area is 254 Å². The highest BCUT2D eigenvalue weighted by molar-refractivity contribution is 5.87. The van der Waals surface area contributed by atoms with Gasteiger partial charge in [0.1, 0.15) is 35.0 Å². The Balaban J connectivity index is 1.42. The average molecular weight is 596 g/mol. The lowest BCUT2D eigenvalue weighted by Gasteiger charge is -2.37. The zero-order valence-corrected chi connectivity index (χ0v) is 24.6. The number of nitrogens with two attached hydrogens (primary N) is 1. The van der Waals surface area contributed by atoms with E-state index in [9.17, 15) is 9.90 Å². The van der Waals surface area contributed by atoms with Crippen LogP contribution < -0.4 is 15.2 Å². The minimum atomic E-state index is -1.57. The molecule has 0 aliphatic carbocycles. The lowest BCUT2D eigenvalue weighted by molar-refractivity contribution is -0.164. The third kappa shape index (κ3) is 4.84. The van der Waals surface area contributed by atoms with Gasteiger partial charge in [-0.15, -0.1) is 0 Å². The second-order valence-electron chi connectivity index (χ2n) is 10.6. The molecule has 0 amide bonds. The molecule has 0 radical (unpaired) electrons. The van der Waals surface area contributed by atoms with E-state index < -0.39 is 23.5 Å². The molecule has 1 aliphatic rings. The number of benzene rings is 3. The van der Waals surface area contributed by atoms with Gasteiger partial charge in [0.05, 0.1) is 33.3 Å². The van der Waals surface area contributed by atoms with Crippen molar-refractivity contribution >= 4 is 22.8 Å². The number of rotatable bonds is 10. The molecule has 226 valence electrons. The van der Waals surface area contributed by atoms with Crippen LogP contribution in [0.5, 0.6) is 11.5 Å². The molecule has 0 bridgehead atoms. The number of nitrogen functional groups attached to an aromatic ring is 1. The third-order valence-corrected chi connectivity index (χ3v) is 8.20. The molecule has 3 aromatic carbocycles. The Hall–Kier alpha value is -4.84. The number of anilines is 1. The van der Waals surface area contributed by atoms with Gasteiger partial charge < -0.3 is 29.8 Å². The third-order valence-electron chi connectivity index (χ3n) is 8.20. The standard InChI is InChI=1S/C33H33N5O6/c1-21(39)32(38-20-37-29-30(34)35-19-36-31(29)38)17-27(40)28(44-32)18-43-33(22-7-5-4-6-8-22,23-9-13-25(41-2)14-10-23)24-11-15-26(42-3)16-12-24/h4-16,19-20,27-28,40H,17-18H2,1-3H3,(H2,34,35,36)/t27-,28+,32-/m0/s1. The fourth-order valence-electron chi connectivity index (χ4n) is 5.89. The first kappa shape index (κ1) is 29.2. The Morgan fingerprint density at radius 2 is 1.55 bits per heavy atom. The molecule has 0 saturated carbocycles. The largest absolute Gasteiger partial charge is 0.497 e. The summed E-state index contributed by atoms with van der Waals surface area (Å²) >= 11 is 0. The van der Waals surface area contributed by atoms with Crippen molar-refractivity contribution in [3.63, 3.8) is 0 Å². The average Bonchev–Trinajstić information content (AvgIpc) is 3.65. The van der Waals surface area contributed by atoms with Gasteiger partial charge in [-0.2, -0.15) is 0 Å². The molecule has 11 nitrogen and oxygen atoms in total. The first-order chi connectivity index (χ1) is 21.3. The van der Waals surface area contributed by atoms with Crippen molar-refractivity contribution in [3.8, 4) is 11.5 Å². The van der Waals surface area contributed by atoms with Crippen molar-refractivity contribution in [2.45, 2.75) is 36.9 Å². The van der Waals surface area contributed by atoms with Gasteiger partial charge in [-0.1, -0.05) is 54.6 Å². The quantitative estimate of drug-likeness (QED) is 0.229. The maximum Gasteiger partial charge on any atom is 0.209 e. The summed E-state index contributed by atoms with van der Waals surface area (Å²) in [6.07, 6.45) is 0.782. The number of aliphatic hydroxyl groups excluding tert-OH is 1. The van der Waals surface area contributed by atoms with Crippen molar-refractivity contribution in [2.24, 2.45) is 0 Å². The highest BCUT2D eigenvalue weighted by atomic mass is 16.6. The first-order valence-corrected chi connectivity index (χ1v) is 14.1. The van der Waals surface area contributed by atoms with Crippen LogP contribution in [0.3, 0.4) is 0 Å². The molecular weight excluding hydrogens is 562 g/mol. The predicted molar refractivity (Wildman–Crippen MR) is 162 cm³/mol. The van der Waals surface area contributed by atoms with E-state index in [4.69, 9.17) is 24.7 Å². The summed E-state index contributed by atoms with van der Waals surface area (Å²) in [7, 11) is 3.23. The Morgan fingerprint density at radius 1 is 0.955 bits per heavy atom. The highest BCUT2D eigenvalue weighted by Gasteiger charge is 2.53. The lowest BCUT2D eigenvalue weighted by Crippen LogP contribution is -2.42. The monoisotopic (exact) mass is 595 g/mol. The van der Waals surface area contributed by atoms with E-state index in [0.29, 0.717) is 22.7 Å². The van der Waals surface area contributed by atoms with Crippen molar-refractivity contribution in [2.75, 3.05) is 26.6 Å². The molecule has 11 heteroatoms. The number of methoxy groups -OCH3 is 2. The zero-order chi connectivity index (χ0) is 30.9. The Bertz CT molecular complexity index is 1710. The normalized spacial score (nSPS) is 20.1. The Morgan fingerprint density at radius 3 is 2.11 bits per heavy atom. The second kappa shape index (κ2) is 11.7. The van der Waals surface area contributed by atoms with E-state index in [1.165, 1.54) is 24.1 Å². The number of carbonyl (C=O) groups excluding carboxylic acids is 1. The van der Waals surface area contributed by atoms with Crippen LogP contribution in [-0.2, 0) is 25.6 Å². The van der Waals surface area contributed by atoms with Gasteiger partial charge in [-0.3, -0.25) is 9.36 Å². The zero-order valence-electron chi connectivity index (χ0n) is 24.6. The number of carbonyl (C=O) groups is 1. The number of ether oxygens (including phenoxy) is 4. The van der Waals surface area contributed by atoms with Gasteiger partial charge in [0.15, 0.2) is 17.2 Å². The number of aromatic nitrogens is 4. The molecule has 0 spiro atoms.